The Balaban J connectivity index is 2.16. The molecule has 0 aliphatic heterocycles. The van der Waals surface area contributed by atoms with Crippen molar-refractivity contribution in [1.29, 1.82) is 0 Å². The van der Waals surface area contributed by atoms with Crippen molar-refractivity contribution in [2.24, 2.45) is 0 Å². The number of hydrogen-bond donors (Lipinski definition) is 1. The topological polar surface area (TPSA) is 29.5 Å². The smallest absolute Gasteiger partial charge is 0.0882 e. The highest BCUT2D eigenvalue weighted by Crippen LogP contribution is 2.06. The van der Waals surface area contributed by atoms with Crippen molar-refractivity contribution in [3.8, 4) is 11.8 Å². The number of aliphatic hydroxyl groups excluding tert-OH is 1. The van der Waals surface area contributed by atoms with Crippen LogP contribution in [0.1, 0.15) is 12.0 Å². The van der Waals surface area contributed by atoms with Gasteiger partial charge < -0.3 is 9.84 Å². The number of benzene rings is 1. The molecule has 2 nitrogen and oxygen atoms in total. The molecule has 0 bridgehead atoms. The Labute approximate surface area is 117 Å². The van der Waals surface area contributed by atoms with Gasteiger partial charge >= 0.3 is 0 Å². The van der Waals surface area contributed by atoms with E-state index < -0.39 is 14.2 Å². The second kappa shape index (κ2) is 8.16. The second-order valence-electron chi connectivity index (χ2n) is 5.95. The summed E-state index contributed by atoms with van der Waals surface area (Å²) in [6.45, 7) is 7.76. The quantitative estimate of drug-likeness (QED) is 0.638. The van der Waals surface area contributed by atoms with Crippen molar-refractivity contribution < 1.29 is 9.84 Å². The van der Waals surface area contributed by atoms with Crippen molar-refractivity contribution in [1.82, 2.24) is 0 Å². The summed E-state index contributed by atoms with van der Waals surface area (Å²) in [5.74, 6) is 6.21. The maximum absolute atomic E-state index is 9.74. The third kappa shape index (κ3) is 8.60. The molecule has 1 N–H and O–H groups in total. The van der Waals surface area contributed by atoms with Crippen LogP contribution in [0.4, 0.5) is 0 Å². The minimum Gasteiger partial charge on any atom is -0.390 e. The zero-order chi connectivity index (χ0) is 14.1. The molecule has 0 saturated heterocycles. The maximum atomic E-state index is 9.74. The van der Waals surface area contributed by atoms with Crippen LogP contribution in [-0.4, -0.2) is 25.9 Å². The standard InChI is InChI=1S/C16H24O2Si/c1-19(2,3)12-8-7-11-16(17)14-18-13-15-9-5-4-6-10-15/h4-6,9-10,16-17H,11-14H2,1-3H3. The predicted octanol–water partition coefficient (Wildman–Crippen LogP) is 3.30. The van der Waals surface area contributed by atoms with Crippen molar-refractivity contribution in [3.63, 3.8) is 0 Å². The lowest BCUT2D eigenvalue weighted by molar-refractivity contribution is 0.0311. The summed E-state index contributed by atoms with van der Waals surface area (Å²) in [5.41, 5.74) is 1.12. The van der Waals surface area contributed by atoms with Crippen molar-refractivity contribution in [2.75, 3.05) is 6.61 Å². The van der Waals surface area contributed by atoms with Gasteiger partial charge in [0.1, 0.15) is 0 Å². The summed E-state index contributed by atoms with van der Waals surface area (Å²) in [4.78, 5) is 0. The third-order valence-electron chi connectivity index (χ3n) is 2.50. The van der Waals surface area contributed by atoms with E-state index in [4.69, 9.17) is 4.74 Å². The lowest BCUT2D eigenvalue weighted by Crippen LogP contribution is -2.18. The van der Waals surface area contributed by atoms with Gasteiger partial charge in [0, 0.05) is 12.5 Å². The van der Waals surface area contributed by atoms with E-state index in [0.29, 0.717) is 19.6 Å². The highest BCUT2D eigenvalue weighted by Gasteiger charge is 2.10. The average molecular weight is 276 g/mol. The zero-order valence-electron chi connectivity index (χ0n) is 12.1. The molecule has 1 aromatic carbocycles. The van der Waals surface area contributed by atoms with Crippen LogP contribution in [0.25, 0.3) is 0 Å². The van der Waals surface area contributed by atoms with E-state index in [1.165, 1.54) is 0 Å². The van der Waals surface area contributed by atoms with E-state index in [2.05, 4.69) is 31.5 Å². The summed E-state index contributed by atoms with van der Waals surface area (Å²) in [6.07, 6.45) is 0.0112. The van der Waals surface area contributed by atoms with Gasteiger partial charge in [0.05, 0.1) is 27.4 Å². The first-order valence-corrected chi connectivity index (χ1v) is 10.4. The monoisotopic (exact) mass is 276 g/mol. The summed E-state index contributed by atoms with van der Waals surface area (Å²) < 4.78 is 5.47. The van der Waals surface area contributed by atoms with Gasteiger partial charge in [0.2, 0.25) is 0 Å². The van der Waals surface area contributed by atoms with Gasteiger partial charge in [0.15, 0.2) is 0 Å². The first kappa shape index (κ1) is 16.0. The molecule has 1 atom stereocenters. The molecule has 1 aromatic rings. The van der Waals surface area contributed by atoms with Crippen molar-refractivity contribution >= 4 is 8.07 Å². The number of ether oxygens (including phenoxy) is 1. The molecule has 0 spiro atoms. The Kier molecular flexibility index (Phi) is 6.86. The molecule has 1 rings (SSSR count). The number of rotatable bonds is 6. The highest BCUT2D eigenvalue weighted by molar-refractivity contribution is 6.76. The summed E-state index contributed by atoms with van der Waals surface area (Å²) in [6, 6.07) is 11.0. The van der Waals surface area contributed by atoms with Gasteiger partial charge in [-0.05, 0) is 5.56 Å². The predicted molar refractivity (Wildman–Crippen MR) is 82.7 cm³/mol. The Hall–Kier alpha value is -1.08. The van der Waals surface area contributed by atoms with Crippen LogP contribution in [0.2, 0.25) is 25.7 Å². The molecule has 0 radical (unpaired) electrons. The zero-order valence-corrected chi connectivity index (χ0v) is 13.1. The Bertz CT molecular complexity index is 412. The van der Waals surface area contributed by atoms with E-state index in [0.717, 1.165) is 11.6 Å². The Morgan fingerprint density at radius 3 is 2.47 bits per heavy atom. The van der Waals surface area contributed by atoms with Gasteiger partial charge in [-0.2, -0.15) is 0 Å². The molecule has 3 heteroatoms. The lowest BCUT2D eigenvalue weighted by atomic mass is 10.2. The van der Waals surface area contributed by atoms with Crippen LogP contribution >= 0.6 is 0 Å². The summed E-state index contributed by atoms with van der Waals surface area (Å²) >= 11 is 0. The van der Waals surface area contributed by atoms with E-state index in [9.17, 15) is 5.11 Å². The van der Waals surface area contributed by atoms with Crippen LogP contribution in [-0.2, 0) is 11.3 Å². The van der Waals surface area contributed by atoms with E-state index >= 15 is 0 Å². The largest absolute Gasteiger partial charge is 0.390 e. The molecule has 0 fully saturated rings. The van der Waals surface area contributed by atoms with Crippen LogP contribution < -0.4 is 0 Å². The van der Waals surface area contributed by atoms with Gasteiger partial charge in [-0.25, -0.2) is 0 Å². The third-order valence-corrected chi connectivity index (χ3v) is 3.74. The van der Waals surface area contributed by atoms with Crippen molar-refractivity contribution in [3.05, 3.63) is 35.9 Å². The van der Waals surface area contributed by atoms with Gasteiger partial charge in [-0.1, -0.05) is 50.0 Å². The normalized spacial score (nSPS) is 12.6. The van der Waals surface area contributed by atoms with E-state index in [1.807, 2.05) is 30.3 Å². The maximum Gasteiger partial charge on any atom is 0.0882 e. The SMILES string of the molecule is C[Si](C)(C)CC#CCC(O)COCc1ccccc1. The van der Waals surface area contributed by atoms with Gasteiger partial charge in [-0.15, -0.1) is 11.8 Å². The molecule has 0 amide bonds. The molecule has 0 saturated carbocycles. The summed E-state index contributed by atoms with van der Waals surface area (Å²) in [5, 5.41) is 9.74. The second-order valence-corrected chi connectivity index (χ2v) is 11.4. The molecule has 0 aromatic heterocycles. The molecule has 0 aliphatic carbocycles. The van der Waals surface area contributed by atoms with Crippen LogP contribution in [0.15, 0.2) is 30.3 Å². The van der Waals surface area contributed by atoms with Crippen LogP contribution in [0.3, 0.4) is 0 Å². The lowest BCUT2D eigenvalue weighted by Gasteiger charge is -2.10. The highest BCUT2D eigenvalue weighted by atomic mass is 28.3. The number of hydrogen-bond acceptors (Lipinski definition) is 2. The average Bonchev–Trinajstić information content (AvgIpc) is 2.35. The van der Waals surface area contributed by atoms with E-state index in [-0.39, 0.29) is 0 Å². The molecular formula is C16H24O2Si. The molecule has 0 aliphatic rings. The fraction of sp³-hybridized carbons (Fsp3) is 0.500. The van der Waals surface area contributed by atoms with Crippen molar-refractivity contribution in [2.45, 2.75) is 44.8 Å². The minimum absolute atomic E-state index is 0.344. The molecule has 0 heterocycles. The molecular weight excluding hydrogens is 252 g/mol. The van der Waals surface area contributed by atoms with Gasteiger partial charge in [-0.3, -0.25) is 0 Å². The van der Waals surface area contributed by atoms with Crippen LogP contribution in [0.5, 0.6) is 0 Å². The first-order valence-electron chi connectivity index (χ1n) is 6.73. The van der Waals surface area contributed by atoms with Crippen LogP contribution in [0, 0.1) is 11.8 Å². The molecule has 1 unspecified atom stereocenters. The first-order chi connectivity index (χ1) is 8.97. The number of aliphatic hydroxyl groups is 1. The summed E-state index contributed by atoms with van der Waals surface area (Å²) in [7, 11) is -1.09. The van der Waals surface area contributed by atoms with Gasteiger partial charge in [0.25, 0.3) is 0 Å². The Morgan fingerprint density at radius 2 is 1.84 bits per heavy atom. The fourth-order valence-corrected chi connectivity index (χ4v) is 2.12. The Morgan fingerprint density at radius 1 is 1.16 bits per heavy atom. The van der Waals surface area contributed by atoms with E-state index in [1.54, 1.807) is 0 Å². The fourth-order valence-electron chi connectivity index (χ4n) is 1.46. The molecule has 19 heavy (non-hydrogen) atoms. The minimum atomic E-state index is -1.09. The molecule has 104 valence electrons.